The zero-order valence-corrected chi connectivity index (χ0v) is 17.3. The molecule has 0 amide bonds. The number of aliphatic hydroxyl groups is 3. The summed E-state index contributed by atoms with van der Waals surface area (Å²) >= 11 is 0. The Balaban J connectivity index is 1.57. The van der Waals surface area contributed by atoms with Gasteiger partial charge < -0.3 is 25.2 Å². The van der Waals surface area contributed by atoms with Crippen LogP contribution in [0.2, 0.25) is 0 Å². The van der Waals surface area contributed by atoms with Crippen LogP contribution < -0.4 is 0 Å². The van der Waals surface area contributed by atoms with Gasteiger partial charge in [0.25, 0.3) is 0 Å². The smallest absolute Gasteiger partial charge is 0.123 e. The van der Waals surface area contributed by atoms with E-state index in [9.17, 15) is 20.4 Å². The van der Waals surface area contributed by atoms with Crippen molar-refractivity contribution in [3.8, 4) is 5.75 Å². The van der Waals surface area contributed by atoms with E-state index in [1.54, 1.807) is 18.2 Å². The fourth-order valence-corrected chi connectivity index (χ4v) is 3.44. The van der Waals surface area contributed by atoms with Crippen LogP contribution in [0.3, 0.4) is 0 Å². The summed E-state index contributed by atoms with van der Waals surface area (Å²) in [5.74, 6) is 0.174. The van der Waals surface area contributed by atoms with Gasteiger partial charge >= 0.3 is 0 Å². The average Bonchev–Trinajstić information content (AvgIpc) is 2.79. The highest BCUT2D eigenvalue weighted by atomic mass is 16.5. The molecular formula is C26H28O5. The van der Waals surface area contributed by atoms with E-state index in [0.717, 1.165) is 10.9 Å². The molecule has 0 radical (unpaired) electrons. The first kappa shape index (κ1) is 22.8. The van der Waals surface area contributed by atoms with E-state index < -0.39 is 12.2 Å². The van der Waals surface area contributed by atoms with Gasteiger partial charge in [-0.3, -0.25) is 0 Å². The summed E-state index contributed by atoms with van der Waals surface area (Å²) in [7, 11) is 0. The molecule has 3 rings (SSSR count). The molecule has 3 aromatic carbocycles. The highest BCUT2D eigenvalue weighted by Crippen LogP contribution is 2.32. The molecule has 0 unspecified atom stereocenters. The van der Waals surface area contributed by atoms with Crippen molar-refractivity contribution in [2.45, 2.75) is 31.7 Å². The van der Waals surface area contributed by atoms with Crippen LogP contribution in [0, 0.1) is 0 Å². The highest BCUT2D eigenvalue weighted by Gasteiger charge is 2.12. The molecule has 5 nitrogen and oxygen atoms in total. The zero-order valence-electron chi connectivity index (χ0n) is 17.3. The predicted molar refractivity (Wildman–Crippen MR) is 121 cm³/mol. The fourth-order valence-electron chi connectivity index (χ4n) is 3.44. The van der Waals surface area contributed by atoms with Gasteiger partial charge in [-0.2, -0.15) is 0 Å². The van der Waals surface area contributed by atoms with Gasteiger partial charge in [0.2, 0.25) is 0 Å². The maximum atomic E-state index is 10.6. The third-order valence-corrected chi connectivity index (χ3v) is 5.04. The molecule has 0 bridgehead atoms. The molecule has 0 saturated heterocycles. The van der Waals surface area contributed by atoms with Crippen LogP contribution in [-0.2, 0) is 11.3 Å². The largest absolute Gasteiger partial charge is 0.507 e. The summed E-state index contributed by atoms with van der Waals surface area (Å²) < 4.78 is 5.53. The van der Waals surface area contributed by atoms with Crippen LogP contribution in [0.1, 0.15) is 30.1 Å². The summed E-state index contributed by atoms with van der Waals surface area (Å²) in [6.45, 7) is 0.339. The zero-order chi connectivity index (χ0) is 22.1. The van der Waals surface area contributed by atoms with Gasteiger partial charge in [-0.25, -0.2) is 0 Å². The van der Waals surface area contributed by atoms with Gasteiger partial charge in [-0.05, 0) is 34.2 Å². The fraction of sp³-hybridized carbons (Fsp3) is 0.269. The van der Waals surface area contributed by atoms with Crippen molar-refractivity contribution in [1.29, 1.82) is 0 Å². The van der Waals surface area contributed by atoms with Crippen molar-refractivity contribution in [2.75, 3.05) is 13.2 Å². The molecule has 5 heteroatoms. The number of fused-ring (bicyclic) bond motifs is 1. The van der Waals surface area contributed by atoms with Crippen LogP contribution >= 0.6 is 0 Å². The van der Waals surface area contributed by atoms with Gasteiger partial charge in [0, 0.05) is 18.2 Å². The second-order valence-electron chi connectivity index (χ2n) is 7.44. The van der Waals surface area contributed by atoms with Crippen molar-refractivity contribution in [3.63, 3.8) is 0 Å². The summed E-state index contributed by atoms with van der Waals surface area (Å²) in [4.78, 5) is 0. The number of hydrogen-bond acceptors (Lipinski definition) is 5. The number of phenolic OH excluding ortho intramolecular Hbond substituents is 1. The van der Waals surface area contributed by atoms with Gasteiger partial charge in [0.1, 0.15) is 5.75 Å². The molecule has 0 spiro atoms. The first-order valence-electron chi connectivity index (χ1n) is 10.3. The normalized spacial score (nSPS) is 12.9. The Hall–Kier alpha value is -2.92. The number of aliphatic hydroxyl groups excluding tert-OH is 3. The number of ether oxygens (including phenoxy) is 1. The number of aromatic hydroxyl groups is 1. The monoisotopic (exact) mass is 420 g/mol. The minimum absolute atomic E-state index is 0.155. The molecule has 0 aliphatic rings. The third kappa shape index (κ3) is 6.53. The summed E-state index contributed by atoms with van der Waals surface area (Å²) in [5, 5.41) is 41.8. The molecule has 0 aliphatic carbocycles. The molecule has 0 aliphatic heterocycles. The van der Waals surface area contributed by atoms with Crippen LogP contribution in [0.5, 0.6) is 5.75 Å². The summed E-state index contributed by atoms with van der Waals surface area (Å²) in [6.07, 6.45) is 0.656. The minimum Gasteiger partial charge on any atom is -0.507 e. The molecule has 4 N–H and O–H groups in total. The predicted octanol–water partition coefficient (Wildman–Crippen LogP) is 4.01. The molecule has 2 atom stereocenters. The maximum absolute atomic E-state index is 10.6. The van der Waals surface area contributed by atoms with Gasteiger partial charge in [0.05, 0.1) is 32.0 Å². The second-order valence-corrected chi connectivity index (χ2v) is 7.44. The van der Waals surface area contributed by atoms with E-state index in [1.807, 2.05) is 54.6 Å². The lowest BCUT2D eigenvalue weighted by molar-refractivity contribution is 0.0278. The van der Waals surface area contributed by atoms with Crippen LogP contribution in [-0.4, -0.2) is 39.7 Å². The Morgan fingerprint density at radius 2 is 1.65 bits per heavy atom. The lowest BCUT2D eigenvalue weighted by atomic mass is 9.98. The molecule has 0 fully saturated rings. The molecule has 162 valence electrons. The molecule has 0 heterocycles. The number of hydrogen-bond donors (Lipinski definition) is 4. The van der Waals surface area contributed by atoms with Crippen molar-refractivity contribution in [3.05, 3.63) is 95.2 Å². The van der Waals surface area contributed by atoms with Crippen LogP contribution in [0.4, 0.5) is 0 Å². The molecular weight excluding hydrogens is 392 g/mol. The Morgan fingerprint density at radius 3 is 2.39 bits per heavy atom. The lowest BCUT2D eigenvalue weighted by Crippen LogP contribution is -2.16. The Kier molecular flexibility index (Phi) is 8.42. The average molecular weight is 421 g/mol. The Bertz CT molecular complexity index is 1040. The van der Waals surface area contributed by atoms with E-state index in [0.29, 0.717) is 29.6 Å². The number of rotatable bonds is 10. The standard InChI is InChI=1S/C26H28O5/c27-16-20(15-21(28)18-31-17-19-7-2-1-3-8-19)9-6-12-25(29)24-13-14-26(30)23-11-5-4-10-22(23)24/h1-8,10-11,13-14,21,25,27-30H,12,15-18H2/t9?,21-,25-/m1/s1. The van der Waals surface area contributed by atoms with E-state index in [2.05, 4.69) is 5.73 Å². The van der Waals surface area contributed by atoms with Crippen molar-refractivity contribution < 1.29 is 25.2 Å². The third-order valence-electron chi connectivity index (χ3n) is 5.04. The Labute approximate surface area is 182 Å². The first-order chi connectivity index (χ1) is 15.1. The SMILES string of the molecule is OCC(=C=CC[C@@H](O)c1ccc(O)c2ccccc12)C[C@@H](O)COCc1ccccc1. The second kappa shape index (κ2) is 11.5. The number of phenols is 1. The van der Waals surface area contributed by atoms with Gasteiger partial charge in [-0.1, -0.05) is 60.7 Å². The van der Waals surface area contributed by atoms with Crippen molar-refractivity contribution in [2.24, 2.45) is 0 Å². The molecule has 3 aromatic rings. The van der Waals surface area contributed by atoms with Gasteiger partial charge in [0.15, 0.2) is 0 Å². The summed E-state index contributed by atoms with van der Waals surface area (Å²) in [5.41, 5.74) is 5.27. The molecule has 31 heavy (non-hydrogen) atoms. The van der Waals surface area contributed by atoms with Crippen LogP contribution in [0.15, 0.2) is 84.1 Å². The van der Waals surface area contributed by atoms with Crippen LogP contribution in [0.25, 0.3) is 10.8 Å². The quantitative estimate of drug-likeness (QED) is 0.372. The van der Waals surface area contributed by atoms with Gasteiger partial charge in [-0.15, -0.1) is 5.73 Å². The summed E-state index contributed by atoms with van der Waals surface area (Å²) in [6, 6.07) is 20.4. The first-order valence-corrected chi connectivity index (χ1v) is 10.3. The Morgan fingerprint density at radius 1 is 0.935 bits per heavy atom. The molecule has 0 aromatic heterocycles. The minimum atomic E-state index is -0.780. The van der Waals surface area contributed by atoms with E-state index >= 15 is 0 Å². The maximum Gasteiger partial charge on any atom is 0.123 e. The van der Waals surface area contributed by atoms with E-state index in [-0.39, 0.29) is 25.4 Å². The number of benzene rings is 3. The highest BCUT2D eigenvalue weighted by molar-refractivity contribution is 5.91. The lowest BCUT2D eigenvalue weighted by Gasteiger charge is -2.13. The van der Waals surface area contributed by atoms with E-state index in [1.165, 1.54) is 0 Å². The van der Waals surface area contributed by atoms with E-state index in [4.69, 9.17) is 4.74 Å². The van der Waals surface area contributed by atoms with Crippen molar-refractivity contribution >= 4 is 10.8 Å². The topological polar surface area (TPSA) is 90.2 Å². The molecule has 0 saturated carbocycles. The van der Waals surface area contributed by atoms with Crippen molar-refractivity contribution in [1.82, 2.24) is 0 Å².